The summed E-state index contributed by atoms with van der Waals surface area (Å²) in [6.07, 6.45) is 0. The number of benzene rings is 3. The van der Waals surface area contributed by atoms with Gasteiger partial charge < -0.3 is 13.9 Å². The highest BCUT2D eigenvalue weighted by Crippen LogP contribution is 2.31. The van der Waals surface area contributed by atoms with E-state index in [1.165, 1.54) is 0 Å². The van der Waals surface area contributed by atoms with Crippen LogP contribution in [0.25, 0.3) is 32.7 Å². The predicted molar refractivity (Wildman–Crippen MR) is 90.6 cm³/mol. The molecule has 4 nitrogen and oxygen atoms in total. The fourth-order valence-electron chi connectivity index (χ4n) is 2.93. The van der Waals surface area contributed by atoms with Crippen LogP contribution in [0, 0.1) is 0 Å². The molecule has 0 bridgehead atoms. The molecule has 1 aromatic heterocycles. The Balaban J connectivity index is 2.25. The van der Waals surface area contributed by atoms with Crippen molar-refractivity contribution in [1.82, 2.24) is 0 Å². The third-order valence-electron chi connectivity index (χ3n) is 4.07. The highest BCUT2D eigenvalue weighted by atomic mass is 16.5. The van der Waals surface area contributed by atoms with Crippen molar-refractivity contribution in [2.75, 3.05) is 14.2 Å². The van der Waals surface area contributed by atoms with E-state index in [1.54, 1.807) is 32.4 Å². The van der Waals surface area contributed by atoms with E-state index >= 15 is 0 Å². The largest absolute Gasteiger partial charge is 0.497 e. The van der Waals surface area contributed by atoms with Crippen LogP contribution in [-0.2, 0) is 0 Å². The SMILES string of the molecule is COc1ccc2ccc3oc4c(OC)cccc4c(=O)c3c2c1. The van der Waals surface area contributed by atoms with Crippen molar-refractivity contribution in [1.29, 1.82) is 0 Å². The zero-order valence-electron chi connectivity index (χ0n) is 12.8. The van der Waals surface area contributed by atoms with Crippen LogP contribution >= 0.6 is 0 Å². The van der Waals surface area contributed by atoms with E-state index in [9.17, 15) is 4.79 Å². The van der Waals surface area contributed by atoms with E-state index in [0.717, 1.165) is 10.8 Å². The second kappa shape index (κ2) is 5.02. The van der Waals surface area contributed by atoms with Gasteiger partial charge in [0.05, 0.1) is 25.0 Å². The monoisotopic (exact) mass is 306 g/mol. The molecule has 0 saturated carbocycles. The zero-order valence-corrected chi connectivity index (χ0v) is 12.8. The average molecular weight is 306 g/mol. The van der Waals surface area contributed by atoms with Crippen LogP contribution in [-0.4, -0.2) is 14.2 Å². The number of hydrogen-bond acceptors (Lipinski definition) is 4. The van der Waals surface area contributed by atoms with Gasteiger partial charge in [0.1, 0.15) is 11.3 Å². The molecule has 4 aromatic rings. The van der Waals surface area contributed by atoms with Gasteiger partial charge in [-0.2, -0.15) is 0 Å². The van der Waals surface area contributed by atoms with Crippen LogP contribution in [0.3, 0.4) is 0 Å². The summed E-state index contributed by atoms with van der Waals surface area (Å²) in [6.45, 7) is 0. The molecule has 3 aromatic carbocycles. The fraction of sp³-hybridized carbons (Fsp3) is 0.105. The minimum atomic E-state index is -0.0704. The number of rotatable bonds is 2. The summed E-state index contributed by atoms with van der Waals surface area (Å²) in [7, 11) is 3.17. The second-order valence-electron chi connectivity index (χ2n) is 5.29. The van der Waals surface area contributed by atoms with Crippen LogP contribution in [0.2, 0.25) is 0 Å². The van der Waals surface area contributed by atoms with Crippen molar-refractivity contribution >= 4 is 32.7 Å². The molecule has 0 atom stereocenters. The van der Waals surface area contributed by atoms with Crippen LogP contribution in [0.1, 0.15) is 0 Å². The normalized spacial score (nSPS) is 11.2. The lowest BCUT2D eigenvalue weighted by atomic mass is 10.0. The minimum Gasteiger partial charge on any atom is -0.497 e. The maximum atomic E-state index is 13.0. The standard InChI is InChI=1S/C19H14O4/c1-21-12-8-6-11-7-9-15-17(14(11)10-12)18(20)13-4-3-5-16(22-2)19(13)23-15/h3-10H,1-2H3. The van der Waals surface area contributed by atoms with Gasteiger partial charge in [-0.1, -0.05) is 18.2 Å². The fourth-order valence-corrected chi connectivity index (χ4v) is 2.93. The molecule has 0 N–H and O–H groups in total. The number of hydrogen-bond donors (Lipinski definition) is 0. The predicted octanol–water partition coefficient (Wildman–Crippen LogP) is 4.12. The Hall–Kier alpha value is -3.01. The summed E-state index contributed by atoms with van der Waals surface area (Å²) >= 11 is 0. The lowest BCUT2D eigenvalue weighted by molar-refractivity contribution is 0.411. The van der Waals surface area contributed by atoms with Crippen LogP contribution < -0.4 is 14.9 Å². The number of fused-ring (bicyclic) bond motifs is 4. The van der Waals surface area contributed by atoms with E-state index in [4.69, 9.17) is 13.9 Å². The molecule has 0 amide bonds. The summed E-state index contributed by atoms with van der Waals surface area (Å²) < 4.78 is 16.5. The molecule has 0 radical (unpaired) electrons. The molecule has 0 aliphatic rings. The van der Waals surface area contributed by atoms with Crippen molar-refractivity contribution in [3.05, 3.63) is 58.8 Å². The summed E-state index contributed by atoms with van der Waals surface area (Å²) in [5.41, 5.74) is 0.932. The van der Waals surface area contributed by atoms with E-state index in [0.29, 0.717) is 33.4 Å². The van der Waals surface area contributed by atoms with Crippen molar-refractivity contribution in [2.45, 2.75) is 0 Å². The summed E-state index contributed by atoms with van der Waals surface area (Å²) in [4.78, 5) is 13.0. The second-order valence-corrected chi connectivity index (χ2v) is 5.29. The van der Waals surface area contributed by atoms with Crippen molar-refractivity contribution in [3.63, 3.8) is 0 Å². The Morgan fingerprint density at radius 3 is 2.52 bits per heavy atom. The molecule has 0 aliphatic heterocycles. The van der Waals surface area contributed by atoms with Gasteiger partial charge in [-0.05, 0) is 35.7 Å². The molecule has 23 heavy (non-hydrogen) atoms. The maximum Gasteiger partial charge on any atom is 0.201 e. The van der Waals surface area contributed by atoms with Gasteiger partial charge in [0.15, 0.2) is 11.3 Å². The Morgan fingerprint density at radius 2 is 1.74 bits per heavy atom. The van der Waals surface area contributed by atoms with Gasteiger partial charge in [0, 0.05) is 5.39 Å². The molecular weight excluding hydrogens is 292 g/mol. The van der Waals surface area contributed by atoms with Crippen molar-refractivity contribution in [3.8, 4) is 11.5 Å². The number of para-hydroxylation sites is 1. The van der Waals surface area contributed by atoms with Gasteiger partial charge in [-0.25, -0.2) is 0 Å². The molecule has 0 spiro atoms. The van der Waals surface area contributed by atoms with Crippen LogP contribution in [0.15, 0.2) is 57.7 Å². The molecule has 0 fully saturated rings. The maximum absolute atomic E-state index is 13.0. The van der Waals surface area contributed by atoms with Gasteiger partial charge in [-0.3, -0.25) is 4.79 Å². The molecule has 0 unspecified atom stereocenters. The van der Waals surface area contributed by atoms with E-state index < -0.39 is 0 Å². The third-order valence-corrected chi connectivity index (χ3v) is 4.07. The number of ether oxygens (including phenoxy) is 2. The Bertz CT molecular complexity index is 1110. The first-order valence-electron chi connectivity index (χ1n) is 7.23. The third kappa shape index (κ3) is 1.95. The summed E-state index contributed by atoms with van der Waals surface area (Å²) in [6, 6.07) is 14.7. The van der Waals surface area contributed by atoms with Crippen molar-refractivity contribution in [2.24, 2.45) is 0 Å². The van der Waals surface area contributed by atoms with Crippen LogP contribution in [0.5, 0.6) is 11.5 Å². The Kier molecular flexibility index (Phi) is 2.98. The first-order valence-corrected chi connectivity index (χ1v) is 7.23. The van der Waals surface area contributed by atoms with E-state index in [2.05, 4.69) is 0 Å². The molecule has 0 saturated heterocycles. The van der Waals surface area contributed by atoms with Crippen LogP contribution in [0.4, 0.5) is 0 Å². The average Bonchev–Trinajstić information content (AvgIpc) is 2.60. The lowest BCUT2D eigenvalue weighted by Crippen LogP contribution is -2.03. The minimum absolute atomic E-state index is 0.0704. The summed E-state index contributed by atoms with van der Waals surface area (Å²) in [5, 5.41) is 2.85. The molecule has 1 heterocycles. The molecule has 4 heteroatoms. The smallest absolute Gasteiger partial charge is 0.201 e. The Labute approximate surface area is 131 Å². The Morgan fingerprint density at radius 1 is 0.913 bits per heavy atom. The molecular formula is C19H14O4. The molecule has 0 aliphatic carbocycles. The topological polar surface area (TPSA) is 48.7 Å². The number of methoxy groups -OCH3 is 2. The van der Waals surface area contributed by atoms with Crippen molar-refractivity contribution < 1.29 is 13.9 Å². The quantitative estimate of drug-likeness (QED) is 0.413. The zero-order chi connectivity index (χ0) is 16.0. The van der Waals surface area contributed by atoms with E-state index in [-0.39, 0.29) is 5.43 Å². The van der Waals surface area contributed by atoms with Gasteiger partial charge >= 0.3 is 0 Å². The highest BCUT2D eigenvalue weighted by molar-refractivity contribution is 6.09. The molecule has 114 valence electrons. The lowest BCUT2D eigenvalue weighted by Gasteiger charge is -2.08. The first-order chi connectivity index (χ1) is 11.2. The van der Waals surface area contributed by atoms with Gasteiger partial charge in [0.2, 0.25) is 5.43 Å². The van der Waals surface area contributed by atoms with Gasteiger partial charge in [0.25, 0.3) is 0 Å². The molecule has 4 rings (SSSR count). The van der Waals surface area contributed by atoms with Gasteiger partial charge in [-0.15, -0.1) is 0 Å². The highest BCUT2D eigenvalue weighted by Gasteiger charge is 2.14. The van der Waals surface area contributed by atoms with E-state index in [1.807, 2.05) is 30.3 Å². The summed E-state index contributed by atoms with van der Waals surface area (Å²) in [5.74, 6) is 1.25. The first kappa shape index (κ1) is 13.6.